The minimum atomic E-state index is -0.247. The maximum atomic E-state index is 14.3. The van der Waals surface area contributed by atoms with Crippen LogP contribution in [0.4, 0.5) is 10.1 Å². The van der Waals surface area contributed by atoms with Gasteiger partial charge in [0.25, 0.3) is 0 Å². The molecule has 1 saturated heterocycles. The van der Waals surface area contributed by atoms with Gasteiger partial charge in [0.1, 0.15) is 11.9 Å². The Balaban J connectivity index is 1.94. The molecule has 6 heteroatoms. The van der Waals surface area contributed by atoms with Crippen molar-refractivity contribution in [3.63, 3.8) is 0 Å². The first kappa shape index (κ1) is 23.7. The lowest BCUT2D eigenvalue weighted by molar-refractivity contribution is -0.134. The summed E-state index contributed by atoms with van der Waals surface area (Å²) in [5.41, 5.74) is 4.79. The zero-order valence-corrected chi connectivity index (χ0v) is 19.6. The van der Waals surface area contributed by atoms with Crippen molar-refractivity contribution >= 4 is 11.6 Å². The molecule has 3 rings (SSSR count). The average molecular weight is 438 g/mol. The van der Waals surface area contributed by atoms with Crippen molar-refractivity contribution in [2.45, 2.75) is 46.1 Å². The molecule has 0 aliphatic carbocycles. The van der Waals surface area contributed by atoms with Crippen molar-refractivity contribution in [3.8, 4) is 17.2 Å². The molecule has 1 atom stereocenters. The summed E-state index contributed by atoms with van der Waals surface area (Å²) in [4.78, 5) is 16.6. The van der Waals surface area contributed by atoms with Gasteiger partial charge in [-0.25, -0.2) is 4.39 Å². The quantitative estimate of drug-likeness (QED) is 0.647. The van der Waals surface area contributed by atoms with Gasteiger partial charge in [0.2, 0.25) is 5.91 Å². The van der Waals surface area contributed by atoms with E-state index < -0.39 is 0 Å². The number of hydrogen-bond acceptors (Lipinski definition) is 4. The van der Waals surface area contributed by atoms with Crippen molar-refractivity contribution < 1.29 is 13.9 Å². The SMILES string of the molecule is COCCC(=O)N1CCN(c2cc(C(C)C)c(-c3ccc(C)c(F)c3)cc2C#N)CC1C. The highest BCUT2D eigenvalue weighted by molar-refractivity contribution is 5.78. The van der Waals surface area contributed by atoms with Gasteiger partial charge in [-0.05, 0) is 60.2 Å². The summed E-state index contributed by atoms with van der Waals surface area (Å²) in [6.45, 7) is 10.3. The van der Waals surface area contributed by atoms with Gasteiger partial charge < -0.3 is 14.5 Å². The lowest BCUT2D eigenvalue weighted by Crippen LogP contribution is -2.54. The molecule has 0 bridgehead atoms. The van der Waals surface area contributed by atoms with E-state index >= 15 is 0 Å². The molecule has 1 heterocycles. The number of piperazine rings is 1. The van der Waals surface area contributed by atoms with Crippen molar-refractivity contribution in [1.82, 2.24) is 4.90 Å². The maximum Gasteiger partial charge on any atom is 0.225 e. The number of hydrogen-bond donors (Lipinski definition) is 0. The number of methoxy groups -OCH3 is 1. The van der Waals surface area contributed by atoms with Gasteiger partial charge in [0, 0.05) is 32.8 Å². The van der Waals surface area contributed by atoms with Gasteiger partial charge >= 0.3 is 0 Å². The number of amides is 1. The van der Waals surface area contributed by atoms with E-state index in [0.29, 0.717) is 43.8 Å². The van der Waals surface area contributed by atoms with E-state index in [4.69, 9.17) is 4.74 Å². The predicted molar refractivity (Wildman–Crippen MR) is 125 cm³/mol. The molecule has 0 radical (unpaired) electrons. The Kier molecular flexibility index (Phi) is 7.52. The molecular weight excluding hydrogens is 405 g/mol. The van der Waals surface area contributed by atoms with Crippen molar-refractivity contribution in [2.75, 3.05) is 38.3 Å². The first-order valence-electron chi connectivity index (χ1n) is 11.1. The lowest BCUT2D eigenvalue weighted by atomic mass is 9.89. The van der Waals surface area contributed by atoms with Crippen LogP contribution < -0.4 is 4.90 Å². The van der Waals surface area contributed by atoms with Crippen LogP contribution in [-0.2, 0) is 9.53 Å². The monoisotopic (exact) mass is 437 g/mol. The summed E-state index contributed by atoms with van der Waals surface area (Å²) in [6, 6.07) is 11.6. The summed E-state index contributed by atoms with van der Waals surface area (Å²) in [5.74, 6) is 0.0530. The largest absolute Gasteiger partial charge is 0.384 e. The molecule has 0 N–H and O–H groups in total. The van der Waals surface area contributed by atoms with Gasteiger partial charge in [-0.3, -0.25) is 4.79 Å². The number of ether oxygens (including phenoxy) is 1. The van der Waals surface area contributed by atoms with Crippen LogP contribution in [0.1, 0.15) is 49.8 Å². The first-order chi connectivity index (χ1) is 15.3. The Morgan fingerprint density at radius 1 is 1.28 bits per heavy atom. The highest BCUT2D eigenvalue weighted by Crippen LogP contribution is 2.36. The molecule has 2 aromatic carbocycles. The van der Waals surface area contributed by atoms with Crippen LogP contribution in [0.15, 0.2) is 30.3 Å². The van der Waals surface area contributed by atoms with Gasteiger partial charge in [0.05, 0.1) is 24.3 Å². The van der Waals surface area contributed by atoms with Gasteiger partial charge in [0.15, 0.2) is 0 Å². The van der Waals surface area contributed by atoms with Crippen LogP contribution >= 0.6 is 0 Å². The molecule has 5 nitrogen and oxygen atoms in total. The Morgan fingerprint density at radius 3 is 2.62 bits per heavy atom. The zero-order valence-electron chi connectivity index (χ0n) is 19.6. The van der Waals surface area contributed by atoms with E-state index in [0.717, 1.165) is 22.4 Å². The fourth-order valence-electron chi connectivity index (χ4n) is 4.32. The number of nitrogens with zero attached hydrogens (tertiary/aromatic N) is 3. The molecule has 1 unspecified atom stereocenters. The molecule has 0 saturated carbocycles. The topological polar surface area (TPSA) is 56.6 Å². The van der Waals surface area contributed by atoms with E-state index in [1.54, 1.807) is 26.2 Å². The van der Waals surface area contributed by atoms with E-state index in [1.807, 2.05) is 24.0 Å². The predicted octanol–water partition coefficient (Wildman–Crippen LogP) is 4.87. The van der Waals surface area contributed by atoms with Crippen LogP contribution in [0, 0.1) is 24.1 Å². The number of carbonyl (C=O) groups is 1. The summed E-state index contributed by atoms with van der Waals surface area (Å²) in [7, 11) is 1.60. The first-order valence-corrected chi connectivity index (χ1v) is 11.1. The second kappa shape index (κ2) is 10.1. The maximum absolute atomic E-state index is 14.3. The minimum Gasteiger partial charge on any atom is -0.384 e. The number of benzene rings is 2. The van der Waals surface area contributed by atoms with Crippen molar-refractivity contribution in [3.05, 3.63) is 52.8 Å². The van der Waals surface area contributed by atoms with Crippen LogP contribution in [0.25, 0.3) is 11.1 Å². The highest BCUT2D eigenvalue weighted by Gasteiger charge is 2.29. The van der Waals surface area contributed by atoms with Gasteiger partial charge in [-0.15, -0.1) is 0 Å². The molecular formula is C26H32FN3O2. The summed E-state index contributed by atoms with van der Waals surface area (Å²) >= 11 is 0. The summed E-state index contributed by atoms with van der Waals surface area (Å²) < 4.78 is 19.3. The summed E-state index contributed by atoms with van der Waals surface area (Å²) in [5, 5.41) is 9.92. The van der Waals surface area contributed by atoms with Crippen molar-refractivity contribution in [2.24, 2.45) is 0 Å². The third-order valence-corrected chi connectivity index (χ3v) is 6.20. The van der Waals surface area contributed by atoms with Crippen LogP contribution in [0.2, 0.25) is 0 Å². The zero-order chi connectivity index (χ0) is 23.4. The minimum absolute atomic E-state index is 0.0352. The number of anilines is 1. The number of aryl methyl sites for hydroxylation is 1. The lowest BCUT2D eigenvalue weighted by Gasteiger charge is -2.41. The van der Waals surface area contributed by atoms with Crippen LogP contribution in [0.3, 0.4) is 0 Å². The normalized spacial score (nSPS) is 16.4. The molecule has 1 aliphatic rings. The number of rotatable bonds is 6. The number of carbonyl (C=O) groups excluding carboxylic acids is 1. The molecule has 32 heavy (non-hydrogen) atoms. The Hall–Kier alpha value is -2.91. The van der Waals surface area contributed by atoms with E-state index in [2.05, 4.69) is 30.9 Å². The number of halogens is 1. The summed E-state index contributed by atoms with van der Waals surface area (Å²) in [6.07, 6.45) is 0.379. The third-order valence-electron chi connectivity index (χ3n) is 6.20. The molecule has 0 aromatic heterocycles. The van der Waals surface area contributed by atoms with Gasteiger partial charge in [-0.1, -0.05) is 26.0 Å². The van der Waals surface area contributed by atoms with Gasteiger partial charge in [-0.2, -0.15) is 5.26 Å². The fourth-order valence-corrected chi connectivity index (χ4v) is 4.32. The van der Waals surface area contributed by atoms with E-state index in [1.165, 1.54) is 0 Å². The molecule has 1 amide bonds. The second-order valence-corrected chi connectivity index (χ2v) is 8.81. The highest BCUT2D eigenvalue weighted by atomic mass is 19.1. The van der Waals surface area contributed by atoms with Crippen LogP contribution in [0.5, 0.6) is 0 Å². The standard InChI is InChI=1S/C26H32FN3O2/c1-17(2)22-14-25(29-9-10-30(19(4)16-29)26(31)8-11-32-5)21(15-28)12-23(22)20-7-6-18(3)24(27)13-20/h6-7,12-14,17,19H,8-11,16H2,1-5H3. The Bertz CT molecular complexity index is 1030. The smallest absolute Gasteiger partial charge is 0.225 e. The molecule has 0 spiro atoms. The Labute approximate surface area is 190 Å². The van der Waals surface area contributed by atoms with Crippen molar-refractivity contribution in [1.29, 1.82) is 5.26 Å². The number of nitriles is 1. The second-order valence-electron chi connectivity index (χ2n) is 8.81. The molecule has 170 valence electrons. The van der Waals surface area contributed by atoms with E-state index in [9.17, 15) is 14.4 Å². The fraction of sp³-hybridized carbons (Fsp3) is 0.462. The molecule has 1 aliphatic heterocycles. The third kappa shape index (κ3) is 4.94. The Morgan fingerprint density at radius 2 is 2.03 bits per heavy atom. The molecule has 1 fully saturated rings. The average Bonchev–Trinajstić information content (AvgIpc) is 2.78. The molecule has 2 aromatic rings. The van der Waals surface area contributed by atoms with E-state index in [-0.39, 0.29) is 23.7 Å². The van der Waals surface area contributed by atoms with Crippen LogP contribution in [-0.4, -0.2) is 50.2 Å².